The molecule has 0 atom stereocenters. The number of amides is 1. The van der Waals surface area contributed by atoms with Crippen LogP contribution in [0, 0.1) is 6.92 Å². The molecule has 0 bridgehead atoms. The summed E-state index contributed by atoms with van der Waals surface area (Å²) in [6.07, 6.45) is 3.61. The third kappa shape index (κ3) is 3.55. The van der Waals surface area contributed by atoms with Crippen molar-refractivity contribution in [2.75, 3.05) is 7.05 Å². The van der Waals surface area contributed by atoms with Gasteiger partial charge in [0.2, 0.25) is 0 Å². The fourth-order valence-electron chi connectivity index (χ4n) is 2.34. The second kappa shape index (κ2) is 6.60. The minimum atomic E-state index is -0.0546. The van der Waals surface area contributed by atoms with Gasteiger partial charge in [-0.15, -0.1) is 0 Å². The van der Waals surface area contributed by atoms with Crippen molar-refractivity contribution in [2.24, 2.45) is 7.05 Å². The number of carbonyl (C=O) groups is 1. The van der Waals surface area contributed by atoms with Crippen LogP contribution in [-0.2, 0) is 13.6 Å². The Morgan fingerprint density at radius 3 is 2.68 bits per heavy atom. The zero-order chi connectivity index (χ0) is 16.4. The van der Waals surface area contributed by atoms with Crippen molar-refractivity contribution in [3.05, 3.63) is 45.7 Å². The number of hydrogen-bond donors (Lipinski definition) is 0. The highest BCUT2D eigenvalue weighted by atomic mass is 79.9. The summed E-state index contributed by atoms with van der Waals surface area (Å²) in [5.74, 6) is 0.813. The van der Waals surface area contributed by atoms with Crippen molar-refractivity contribution in [3.8, 4) is 0 Å². The molecular weight excluding hydrogens is 344 g/mol. The lowest BCUT2D eigenvalue weighted by Crippen LogP contribution is -2.28. The first-order valence-corrected chi connectivity index (χ1v) is 7.98. The first kappa shape index (κ1) is 16.7. The molecule has 118 valence electrons. The quantitative estimate of drug-likeness (QED) is 0.836. The predicted molar refractivity (Wildman–Crippen MR) is 89.8 cm³/mol. The summed E-state index contributed by atoms with van der Waals surface area (Å²) in [7, 11) is 3.76. The van der Waals surface area contributed by atoms with E-state index < -0.39 is 0 Å². The predicted octanol–water partition coefficient (Wildman–Crippen LogP) is 3.28. The number of carbonyl (C=O) groups excluding carboxylic acids is 1. The molecule has 0 aliphatic carbocycles. The second-order valence-corrected chi connectivity index (χ2v) is 6.71. The van der Waals surface area contributed by atoms with Crippen molar-refractivity contribution >= 4 is 21.8 Å². The van der Waals surface area contributed by atoms with Gasteiger partial charge in [0.25, 0.3) is 5.91 Å². The van der Waals surface area contributed by atoms with Crippen LogP contribution in [-0.4, -0.2) is 32.4 Å². The molecule has 0 N–H and O–H groups in total. The number of nitrogens with zero attached hydrogens (tertiary/aromatic N) is 4. The number of hydrogen-bond acceptors (Lipinski definition) is 3. The molecule has 2 aromatic heterocycles. The van der Waals surface area contributed by atoms with Crippen LogP contribution in [0.4, 0.5) is 0 Å². The van der Waals surface area contributed by atoms with Gasteiger partial charge in [0.15, 0.2) is 0 Å². The summed E-state index contributed by atoms with van der Waals surface area (Å²) in [5, 5.41) is 0. The standard InChI is InChI=1S/C16H21BrN4O/c1-10(2)15-14(7-18-11(3)19-15)16(22)21(5)9-13-6-12(17)8-20(13)4/h6-8,10H,9H2,1-5H3. The van der Waals surface area contributed by atoms with E-state index in [0.29, 0.717) is 17.9 Å². The van der Waals surface area contributed by atoms with Gasteiger partial charge in [-0.2, -0.15) is 0 Å². The SMILES string of the molecule is Cc1ncc(C(=O)N(C)Cc2cc(Br)cn2C)c(C(C)C)n1. The highest BCUT2D eigenvalue weighted by Crippen LogP contribution is 2.20. The van der Waals surface area contributed by atoms with Gasteiger partial charge in [0, 0.05) is 36.7 Å². The Labute approximate surface area is 139 Å². The minimum absolute atomic E-state index is 0.0546. The molecule has 22 heavy (non-hydrogen) atoms. The summed E-state index contributed by atoms with van der Waals surface area (Å²) in [4.78, 5) is 23.0. The maximum Gasteiger partial charge on any atom is 0.257 e. The lowest BCUT2D eigenvalue weighted by atomic mass is 10.0. The Morgan fingerprint density at radius 1 is 1.45 bits per heavy atom. The molecule has 0 radical (unpaired) electrons. The number of aryl methyl sites for hydroxylation is 2. The summed E-state index contributed by atoms with van der Waals surface area (Å²) >= 11 is 3.45. The topological polar surface area (TPSA) is 51.0 Å². The fraction of sp³-hybridized carbons (Fsp3) is 0.438. The molecule has 0 fully saturated rings. The maximum atomic E-state index is 12.7. The molecule has 0 aliphatic rings. The Balaban J connectivity index is 2.26. The molecule has 1 amide bonds. The van der Waals surface area contributed by atoms with Gasteiger partial charge in [-0.25, -0.2) is 9.97 Å². The summed E-state index contributed by atoms with van der Waals surface area (Å²) in [6, 6.07) is 2.01. The highest BCUT2D eigenvalue weighted by Gasteiger charge is 2.20. The van der Waals surface area contributed by atoms with Gasteiger partial charge in [0.1, 0.15) is 5.82 Å². The van der Waals surface area contributed by atoms with E-state index >= 15 is 0 Å². The van der Waals surface area contributed by atoms with Crippen molar-refractivity contribution < 1.29 is 4.79 Å². The summed E-state index contributed by atoms with van der Waals surface area (Å²) in [6.45, 7) is 6.44. The number of rotatable bonds is 4. The average molecular weight is 365 g/mol. The Bertz CT molecular complexity index is 693. The molecule has 0 aromatic carbocycles. The van der Waals surface area contributed by atoms with Crippen LogP contribution >= 0.6 is 15.9 Å². The van der Waals surface area contributed by atoms with Crippen molar-refractivity contribution in [3.63, 3.8) is 0 Å². The summed E-state index contributed by atoms with van der Waals surface area (Å²) < 4.78 is 3.01. The van der Waals surface area contributed by atoms with Gasteiger partial charge in [-0.05, 0) is 34.8 Å². The Hall–Kier alpha value is -1.69. The van der Waals surface area contributed by atoms with Gasteiger partial charge < -0.3 is 9.47 Å². The molecule has 0 saturated carbocycles. The zero-order valence-corrected chi connectivity index (χ0v) is 15.2. The Morgan fingerprint density at radius 2 is 2.14 bits per heavy atom. The van der Waals surface area contributed by atoms with E-state index in [0.717, 1.165) is 15.9 Å². The smallest absolute Gasteiger partial charge is 0.257 e. The van der Waals surface area contributed by atoms with E-state index in [1.807, 2.05) is 44.6 Å². The third-order valence-corrected chi connectivity index (χ3v) is 3.97. The zero-order valence-electron chi connectivity index (χ0n) is 13.6. The molecule has 6 heteroatoms. The highest BCUT2D eigenvalue weighted by molar-refractivity contribution is 9.10. The van der Waals surface area contributed by atoms with Crippen molar-refractivity contribution in [2.45, 2.75) is 33.2 Å². The monoisotopic (exact) mass is 364 g/mol. The van der Waals surface area contributed by atoms with E-state index in [9.17, 15) is 4.79 Å². The van der Waals surface area contributed by atoms with Gasteiger partial charge >= 0.3 is 0 Å². The normalized spacial score (nSPS) is 11.0. The average Bonchev–Trinajstić information content (AvgIpc) is 2.75. The van der Waals surface area contributed by atoms with Gasteiger partial charge in [0.05, 0.1) is 17.8 Å². The van der Waals surface area contributed by atoms with Gasteiger partial charge in [-0.3, -0.25) is 4.79 Å². The van der Waals surface area contributed by atoms with Crippen molar-refractivity contribution in [1.29, 1.82) is 0 Å². The molecule has 5 nitrogen and oxygen atoms in total. The maximum absolute atomic E-state index is 12.7. The molecule has 0 aliphatic heterocycles. The van der Waals surface area contributed by atoms with Crippen LogP contribution in [0.3, 0.4) is 0 Å². The van der Waals surface area contributed by atoms with Gasteiger partial charge in [-0.1, -0.05) is 13.8 Å². The van der Waals surface area contributed by atoms with Crippen LogP contribution in [0.5, 0.6) is 0 Å². The van der Waals surface area contributed by atoms with E-state index in [2.05, 4.69) is 25.9 Å². The summed E-state index contributed by atoms with van der Waals surface area (Å²) in [5.41, 5.74) is 2.44. The third-order valence-electron chi connectivity index (χ3n) is 3.54. The van der Waals surface area contributed by atoms with E-state index in [1.54, 1.807) is 18.1 Å². The first-order chi connectivity index (χ1) is 10.3. The molecule has 0 spiro atoms. The molecule has 2 heterocycles. The second-order valence-electron chi connectivity index (χ2n) is 5.79. The molecule has 2 aromatic rings. The van der Waals surface area contributed by atoms with Crippen molar-refractivity contribution in [1.82, 2.24) is 19.4 Å². The molecule has 0 saturated heterocycles. The van der Waals surface area contributed by atoms with E-state index in [1.165, 1.54) is 0 Å². The Kier molecular flexibility index (Phi) is 5.01. The number of halogens is 1. The molecule has 2 rings (SSSR count). The van der Waals surface area contributed by atoms with E-state index in [4.69, 9.17) is 0 Å². The van der Waals surface area contributed by atoms with Crippen LogP contribution in [0.25, 0.3) is 0 Å². The fourth-order valence-corrected chi connectivity index (χ4v) is 2.91. The molecule has 0 unspecified atom stereocenters. The van der Waals surface area contributed by atoms with Crippen LogP contribution in [0.15, 0.2) is 22.9 Å². The largest absolute Gasteiger partial charge is 0.352 e. The van der Waals surface area contributed by atoms with Crippen LogP contribution in [0.2, 0.25) is 0 Å². The van der Waals surface area contributed by atoms with Crippen LogP contribution < -0.4 is 0 Å². The molecular formula is C16H21BrN4O. The first-order valence-electron chi connectivity index (χ1n) is 7.19. The lowest BCUT2D eigenvalue weighted by Gasteiger charge is -2.20. The lowest BCUT2D eigenvalue weighted by molar-refractivity contribution is 0.0780. The van der Waals surface area contributed by atoms with Crippen LogP contribution in [0.1, 0.15) is 47.3 Å². The minimum Gasteiger partial charge on any atom is -0.352 e. The van der Waals surface area contributed by atoms with E-state index in [-0.39, 0.29) is 11.8 Å². The number of aromatic nitrogens is 3.